The van der Waals surface area contributed by atoms with E-state index in [1.807, 2.05) is 18.4 Å². The lowest BCUT2D eigenvalue weighted by Gasteiger charge is -2.09. The summed E-state index contributed by atoms with van der Waals surface area (Å²) < 4.78 is 4.65. The monoisotopic (exact) mass is 268 g/mol. The van der Waals surface area contributed by atoms with E-state index >= 15 is 0 Å². The number of carbonyl (C=O) groups is 1. The minimum Gasteiger partial charge on any atom is -0.469 e. The Kier molecular flexibility index (Phi) is 3.96. The molecule has 0 N–H and O–H groups in total. The number of thioether (sulfide) groups is 1. The molecule has 1 unspecified atom stereocenters. The van der Waals surface area contributed by atoms with Crippen LogP contribution in [0.25, 0.3) is 10.2 Å². The summed E-state index contributed by atoms with van der Waals surface area (Å²) in [5.74, 6) is -0.194. The summed E-state index contributed by atoms with van der Waals surface area (Å²) in [4.78, 5) is 20.6. The number of fused-ring (bicyclic) bond motifs is 1. The summed E-state index contributed by atoms with van der Waals surface area (Å²) in [6.07, 6.45) is 1.95. The highest BCUT2D eigenvalue weighted by Crippen LogP contribution is 2.31. The number of carbonyl (C=O) groups excluding carboxylic acids is 1. The zero-order chi connectivity index (χ0) is 12.3. The van der Waals surface area contributed by atoms with Crippen LogP contribution in [0.2, 0.25) is 0 Å². The van der Waals surface area contributed by atoms with Crippen molar-refractivity contribution in [2.24, 2.45) is 0 Å². The summed E-state index contributed by atoms with van der Waals surface area (Å²) in [6.45, 7) is 1.99. The minimum absolute atomic E-state index is 0.139. The van der Waals surface area contributed by atoms with Crippen molar-refractivity contribution in [3.63, 3.8) is 0 Å². The molecule has 0 bridgehead atoms. The van der Waals surface area contributed by atoms with Crippen molar-refractivity contribution in [1.82, 2.24) is 9.97 Å². The molecule has 6 heteroatoms. The zero-order valence-electron chi connectivity index (χ0n) is 9.54. The van der Waals surface area contributed by atoms with Crippen molar-refractivity contribution in [2.45, 2.75) is 23.6 Å². The first-order chi connectivity index (χ1) is 8.20. The Hall–Kier alpha value is -1.14. The standard InChI is InChI=1S/C11H12N2O2S2/c1-7(5-9(14)15-2)17-11-8-3-4-16-10(8)12-6-13-11/h3-4,6-7H,5H2,1-2H3. The molecule has 2 rings (SSSR count). The van der Waals surface area contributed by atoms with Gasteiger partial charge in [-0.2, -0.15) is 0 Å². The van der Waals surface area contributed by atoms with Crippen molar-refractivity contribution >= 4 is 39.3 Å². The molecule has 4 nitrogen and oxygen atoms in total. The van der Waals surface area contributed by atoms with Crippen LogP contribution in [0.4, 0.5) is 0 Å². The van der Waals surface area contributed by atoms with Gasteiger partial charge in [0.15, 0.2) is 0 Å². The van der Waals surface area contributed by atoms with Gasteiger partial charge in [0.2, 0.25) is 0 Å². The number of hydrogen-bond acceptors (Lipinski definition) is 6. The lowest BCUT2D eigenvalue weighted by Crippen LogP contribution is -2.08. The second kappa shape index (κ2) is 5.46. The number of esters is 1. The van der Waals surface area contributed by atoms with E-state index in [0.29, 0.717) is 6.42 Å². The van der Waals surface area contributed by atoms with Gasteiger partial charge in [-0.15, -0.1) is 23.1 Å². The van der Waals surface area contributed by atoms with Gasteiger partial charge in [-0.05, 0) is 11.4 Å². The lowest BCUT2D eigenvalue weighted by atomic mass is 10.3. The molecule has 0 aliphatic heterocycles. The molecule has 0 fully saturated rings. The Morgan fingerprint density at radius 2 is 2.41 bits per heavy atom. The molecule has 0 spiro atoms. The Labute approximate surface area is 107 Å². The Balaban J connectivity index is 2.12. The van der Waals surface area contributed by atoms with Gasteiger partial charge in [-0.1, -0.05) is 6.92 Å². The fraction of sp³-hybridized carbons (Fsp3) is 0.364. The molecule has 1 atom stereocenters. The highest BCUT2D eigenvalue weighted by molar-refractivity contribution is 8.00. The Bertz CT molecular complexity index is 527. The van der Waals surface area contributed by atoms with Crippen molar-refractivity contribution in [1.29, 1.82) is 0 Å². The number of methoxy groups -OCH3 is 1. The SMILES string of the molecule is COC(=O)CC(C)Sc1ncnc2sccc12. The van der Waals surface area contributed by atoms with Gasteiger partial charge in [-0.25, -0.2) is 9.97 Å². The molecule has 0 saturated heterocycles. The average molecular weight is 268 g/mol. The van der Waals surface area contributed by atoms with E-state index in [-0.39, 0.29) is 11.2 Å². The van der Waals surface area contributed by atoms with Crippen LogP contribution in [0, 0.1) is 0 Å². The number of nitrogens with zero attached hydrogens (tertiary/aromatic N) is 2. The molecule has 0 radical (unpaired) electrons. The van der Waals surface area contributed by atoms with Gasteiger partial charge in [0.25, 0.3) is 0 Å². The van der Waals surface area contributed by atoms with Crippen LogP contribution in [0.15, 0.2) is 22.8 Å². The molecule has 90 valence electrons. The number of ether oxygens (including phenoxy) is 1. The van der Waals surface area contributed by atoms with Gasteiger partial charge in [0.1, 0.15) is 16.2 Å². The first kappa shape index (κ1) is 12.3. The average Bonchev–Trinajstić information content (AvgIpc) is 2.78. The van der Waals surface area contributed by atoms with Crippen LogP contribution in [0.1, 0.15) is 13.3 Å². The van der Waals surface area contributed by atoms with E-state index < -0.39 is 0 Å². The molecule has 0 aliphatic rings. The van der Waals surface area contributed by atoms with Crippen molar-refractivity contribution in [2.75, 3.05) is 7.11 Å². The molecule has 0 saturated carbocycles. The third kappa shape index (κ3) is 2.95. The van der Waals surface area contributed by atoms with Crippen LogP contribution in [-0.2, 0) is 9.53 Å². The predicted molar refractivity (Wildman–Crippen MR) is 69.4 cm³/mol. The normalized spacial score (nSPS) is 12.6. The largest absolute Gasteiger partial charge is 0.469 e. The molecule has 0 amide bonds. The fourth-order valence-corrected chi connectivity index (χ4v) is 3.21. The molecule has 2 heterocycles. The first-order valence-electron chi connectivity index (χ1n) is 5.12. The summed E-state index contributed by atoms with van der Waals surface area (Å²) in [5, 5.41) is 4.11. The quantitative estimate of drug-likeness (QED) is 0.485. The maximum Gasteiger partial charge on any atom is 0.306 e. The highest BCUT2D eigenvalue weighted by atomic mass is 32.2. The van der Waals surface area contributed by atoms with E-state index in [1.54, 1.807) is 29.4 Å². The third-order valence-corrected chi connectivity index (χ3v) is 4.16. The number of thiophene rings is 1. The smallest absolute Gasteiger partial charge is 0.306 e. The minimum atomic E-state index is -0.194. The predicted octanol–water partition coefficient (Wildman–Crippen LogP) is 2.74. The van der Waals surface area contributed by atoms with Gasteiger partial charge in [0.05, 0.1) is 13.5 Å². The van der Waals surface area contributed by atoms with E-state index in [4.69, 9.17) is 0 Å². The van der Waals surface area contributed by atoms with Crippen molar-refractivity contribution < 1.29 is 9.53 Å². The van der Waals surface area contributed by atoms with E-state index in [9.17, 15) is 4.79 Å². The van der Waals surface area contributed by atoms with Gasteiger partial charge < -0.3 is 4.74 Å². The van der Waals surface area contributed by atoms with Gasteiger partial charge in [-0.3, -0.25) is 4.79 Å². The van der Waals surface area contributed by atoms with Crippen molar-refractivity contribution in [3.05, 3.63) is 17.8 Å². The molecule has 17 heavy (non-hydrogen) atoms. The molecular formula is C11H12N2O2S2. The summed E-state index contributed by atoms with van der Waals surface area (Å²) >= 11 is 3.17. The maximum absolute atomic E-state index is 11.2. The topological polar surface area (TPSA) is 52.1 Å². The van der Waals surface area contributed by atoms with Crippen molar-refractivity contribution in [3.8, 4) is 0 Å². The molecule has 0 aromatic carbocycles. The van der Waals surface area contributed by atoms with Crippen LogP contribution >= 0.6 is 23.1 Å². The van der Waals surface area contributed by atoms with Crippen LogP contribution in [0.3, 0.4) is 0 Å². The Morgan fingerprint density at radius 3 is 3.18 bits per heavy atom. The zero-order valence-corrected chi connectivity index (χ0v) is 11.2. The number of aromatic nitrogens is 2. The van der Waals surface area contributed by atoms with Gasteiger partial charge in [0, 0.05) is 10.6 Å². The molecule has 0 aliphatic carbocycles. The third-order valence-electron chi connectivity index (χ3n) is 2.22. The van der Waals surface area contributed by atoms with Crippen LogP contribution < -0.4 is 0 Å². The summed E-state index contributed by atoms with van der Waals surface area (Å²) in [6, 6.07) is 2.01. The van der Waals surface area contributed by atoms with Crippen LogP contribution in [0.5, 0.6) is 0 Å². The highest BCUT2D eigenvalue weighted by Gasteiger charge is 2.13. The van der Waals surface area contributed by atoms with Gasteiger partial charge >= 0.3 is 5.97 Å². The fourth-order valence-electron chi connectivity index (χ4n) is 1.41. The number of hydrogen-bond donors (Lipinski definition) is 0. The van der Waals surface area contributed by atoms with E-state index in [0.717, 1.165) is 15.2 Å². The van der Waals surface area contributed by atoms with Crippen LogP contribution in [-0.4, -0.2) is 28.3 Å². The Morgan fingerprint density at radius 1 is 1.59 bits per heavy atom. The first-order valence-corrected chi connectivity index (χ1v) is 6.88. The summed E-state index contributed by atoms with van der Waals surface area (Å²) in [5.41, 5.74) is 0. The molecule has 2 aromatic heterocycles. The molecular weight excluding hydrogens is 256 g/mol. The van der Waals surface area contributed by atoms with E-state index in [1.165, 1.54) is 7.11 Å². The van der Waals surface area contributed by atoms with E-state index in [2.05, 4.69) is 14.7 Å². The lowest BCUT2D eigenvalue weighted by molar-refractivity contribution is -0.140. The second-order valence-corrected chi connectivity index (χ2v) is 5.85. The number of rotatable bonds is 4. The second-order valence-electron chi connectivity index (χ2n) is 3.53. The molecule has 2 aromatic rings. The maximum atomic E-state index is 11.2. The summed E-state index contributed by atoms with van der Waals surface area (Å²) in [7, 11) is 1.40.